The third-order valence-corrected chi connectivity index (χ3v) is 4.39. The van der Waals surface area contributed by atoms with Crippen molar-refractivity contribution in [2.45, 2.75) is 19.4 Å². The van der Waals surface area contributed by atoms with Crippen molar-refractivity contribution in [1.29, 1.82) is 0 Å². The van der Waals surface area contributed by atoms with Gasteiger partial charge >= 0.3 is 5.97 Å². The largest absolute Gasteiger partial charge is 0.465 e. The topological polar surface area (TPSA) is 46.5 Å². The molecule has 0 unspecified atom stereocenters. The van der Waals surface area contributed by atoms with Gasteiger partial charge in [-0.3, -0.25) is 4.79 Å². The van der Waals surface area contributed by atoms with E-state index in [1.807, 2.05) is 6.08 Å². The Bertz CT molecular complexity index is 385. The molecule has 1 saturated carbocycles. The summed E-state index contributed by atoms with van der Waals surface area (Å²) in [5, 5.41) is 9.99. The maximum absolute atomic E-state index is 10.9. The second kappa shape index (κ2) is 3.20. The van der Waals surface area contributed by atoms with E-state index < -0.39 is 0 Å². The summed E-state index contributed by atoms with van der Waals surface area (Å²) >= 11 is 0. The average Bonchev–Trinajstić information content (AvgIpc) is 2.88. The first kappa shape index (κ1) is 10.1. The predicted octanol–water partition coefficient (Wildman–Crippen LogP) is 1.29. The van der Waals surface area contributed by atoms with Crippen molar-refractivity contribution in [3.8, 4) is 0 Å². The number of hydrogen-bond donors (Lipinski definition) is 1. The van der Waals surface area contributed by atoms with Crippen molar-refractivity contribution >= 4 is 5.97 Å². The van der Waals surface area contributed by atoms with Crippen LogP contribution in [0.25, 0.3) is 0 Å². The summed E-state index contributed by atoms with van der Waals surface area (Å²) in [5.74, 6) is 0.845. The minimum Gasteiger partial charge on any atom is -0.465 e. The van der Waals surface area contributed by atoms with Gasteiger partial charge in [-0.25, -0.2) is 0 Å². The van der Waals surface area contributed by atoms with Crippen molar-refractivity contribution in [2.24, 2.45) is 23.2 Å². The Morgan fingerprint density at radius 3 is 3.06 bits per heavy atom. The van der Waals surface area contributed by atoms with Crippen LogP contribution >= 0.6 is 0 Å². The van der Waals surface area contributed by atoms with Gasteiger partial charge in [0.1, 0.15) is 6.61 Å². The van der Waals surface area contributed by atoms with Crippen molar-refractivity contribution in [1.82, 2.24) is 0 Å². The first-order valence-corrected chi connectivity index (χ1v) is 5.82. The summed E-state index contributed by atoms with van der Waals surface area (Å²) in [7, 11) is 0. The third-order valence-electron chi connectivity index (χ3n) is 4.39. The molecule has 1 fully saturated rings. The SMILES string of the molecule is CC(=O)OC[C@@]12C=C[C@H](O)[C@@H]1[C@@H]1C=C[C@H]2C1. The highest BCUT2D eigenvalue weighted by Crippen LogP contribution is 2.60. The van der Waals surface area contributed by atoms with Crippen LogP contribution in [0.4, 0.5) is 0 Å². The lowest BCUT2D eigenvalue weighted by Gasteiger charge is -2.36. The zero-order chi connectivity index (χ0) is 11.3. The monoisotopic (exact) mass is 220 g/mol. The van der Waals surface area contributed by atoms with Crippen molar-refractivity contribution < 1.29 is 14.6 Å². The van der Waals surface area contributed by atoms with Gasteiger partial charge in [-0.05, 0) is 18.3 Å². The minimum atomic E-state index is -0.379. The number of ether oxygens (including phenoxy) is 1. The standard InChI is InChI=1S/C13H16O3/c1-8(14)16-7-13-5-4-11(15)12(13)9-2-3-10(13)6-9/h2-5,9-12,15H,6-7H2,1H3/t9-,10+,11+,12+,13-/m1/s1. The van der Waals surface area contributed by atoms with Gasteiger partial charge in [0.15, 0.2) is 0 Å². The van der Waals surface area contributed by atoms with Gasteiger partial charge in [0, 0.05) is 18.3 Å². The quantitative estimate of drug-likeness (QED) is 0.563. The van der Waals surface area contributed by atoms with E-state index in [0.717, 1.165) is 6.42 Å². The molecule has 0 aromatic heterocycles. The van der Waals surface area contributed by atoms with Crippen LogP contribution in [0, 0.1) is 23.2 Å². The third kappa shape index (κ3) is 1.15. The number of fused-ring (bicyclic) bond motifs is 5. The van der Waals surface area contributed by atoms with Gasteiger partial charge in [0.05, 0.1) is 6.10 Å². The lowest BCUT2D eigenvalue weighted by atomic mass is 9.71. The molecular formula is C13H16O3. The van der Waals surface area contributed by atoms with Crippen molar-refractivity contribution in [3.63, 3.8) is 0 Å². The molecule has 86 valence electrons. The van der Waals surface area contributed by atoms with Crippen LogP contribution in [0.3, 0.4) is 0 Å². The smallest absolute Gasteiger partial charge is 0.302 e. The Labute approximate surface area is 94.8 Å². The highest BCUT2D eigenvalue weighted by Gasteiger charge is 2.59. The minimum absolute atomic E-state index is 0.134. The number of aliphatic hydroxyl groups is 1. The molecule has 5 atom stereocenters. The van der Waals surface area contributed by atoms with Crippen LogP contribution in [0.15, 0.2) is 24.3 Å². The Balaban J connectivity index is 1.89. The molecule has 0 radical (unpaired) electrons. The van der Waals surface area contributed by atoms with Gasteiger partial charge in [-0.2, -0.15) is 0 Å². The molecule has 2 bridgehead atoms. The Hall–Kier alpha value is -1.09. The van der Waals surface area contributed by atoms with Crippen molar-refractivity contribution in [2.75, 3.05) is 6.61 Å². The van der Waals surface area contributed by atoms with Gasteiger partial charge in [-0.15, -0.1) is 0 Å². The summed E-state index contributed by atoms with van der Waals surface area (Å²) in [5.41, 5.74) is -0.134. The highest BCUT2D eigenvalue weighted by atomic mass is 16.5. The Morgan fingerprint density at radius 1 is 1.50 bits per heavy atom. The Kier molecular flexibility index (Phi) is 2.02. The fourth-order valence-electron chi connectivity index (χ4n) is 3.72. The molecule has 0 aliphatic heterocycles. The predicted molar refractivity (Wildman–Crippen MR) is 58.4 cm³/mol. The van der Waals surface area contributed by atoms with Gasteiger partial charge in [-0.1, -0.05) is 24.3 Å². The fraction of sp³-hybridized carbons (Fsp3) is 0.615. The normalized spacial score (nSPS) is 47.4. The molecule has 0 aromatic rings. The van der Waals surface area contributed by atoms with E-state index in [-0.39, 0.29) is 23.4 Å². The highest BCUT2D eigenvalue weighted by molar-refractivity contribution is 5.66. The molecular weight excluding hydrogens is 204 g/mol. The van der Waals surface area contributed by atoms with E-state index in [1.165, 1.54) is 6.92 Å². The van der Waals surface area contributed by atoms with E-state index in [4.69, 9.17) is 4.74 Å². The number of carbonyl (C=O) groups is 1. The molecule has 0 saturated heterocycles. The number of allylic oxidation sites excluding steroid dienone is 2. The van der Waals surface area contributed by atoms with Crippen molar-refractivity contribution in [3.05, 3.63) is 24.3 Å². The zero-order valence-electron chi connectivity index (χ0n) is 9.30. The molecule has 0 aromatic carbocycles. The van der Waals surface area contributed by atoms with Crippen LogP contribution in [0.2, 0.25) is 0 Å². The molecule has 16 heavy (non-hydrogen) atoms. The summed E-state index contributed by atoms with van der Waals surface area (Å²) < 4.78 is 5.20. The summed E-state index contributed by atoms with van der Waals surface area (Å²) in [6.45, 7) is 1.84. The number of carbonyl (C=O) groups excluding carboxylic acids is 1. The molecule has 0 heterocycles. The lowest BCUT2D eigenvalue weighted by molar-refractivity contribution is -0.145. The number of aliphatic hydroxyl groups excluding tert-OH is 1. The molecule has 3 rings (SSSR count). The fourth-order valence-corrected chi connectivity index (χ4v) is 3.72. The van der Waals surface area contributed by atoms with Gasteiger partial charge < -0.3 is 9.84 Å². The van der Waals surface area contributed by atoms with Gasteiger partial charge in [0.25, 0.3) is 0 Å². The maximum Gasteiger partial charge on any atom is 0.302 e. The number of esters is 1. The van der Waals surface area contributed by atoms with Crippen LogP contribution in [-0.4, -0.2) is 23.8 Å². The van der Waals surface area contributed by atoms with Gasteiger partial charge in [0.2, 0.25) is 0 Å². The first-order valence-electron chi connectivity index (χ1n) is 5.82. The summed E-state index contributed by atoms with van der Waals surface area (Å²) in [4.78, 5) is 10.9. The van der Waals surface area contributed by atoms with E-state index >= 15 is 0 Å². The second-order valence-corrected chi connectivity index (χ2v) is 5.16. The Morgan fingerprint density at radius 2 is 2.31 bits per heavy atom. The number of rotatable bonds is 2. The average molecular weight is 220 g/mol. The molecule has 0 amide bonds. The molecule has 3 aliphatic rings. The van der Waals surface area contributed by atoms with Crippen LogP contribution in [0.5, 0.6) is 0 Å². The zero-order valence-corrected chi connectivity index (χ0v) is 9.30. The van der Waals surface area contributed by atoms with E-state index in [2.05, 4.69) is 18.2 Å². The summed E-state index contributed by atoms with van der Waals surface area (Å²) in [6, 6.07) is 0. The van der Waals surface area contributed by atoms with E-state index in [9.17, 15) is 9.90 Å². The molecule has 3 nitrogen and oxygen atoms in total. The molecule has 1 N–H and O–H groups in total. The lowest BCUT2D eigenvalue weighted by Crippen LogP contribution is -2.39. The second-order valence-electron chi connectivity index (χ2n) is 5.16. The van der Waals surface area contributed by atoms with Crippen LogP contribution in [-0.2, 0) is 9.53 Å². The number of hydrogen-bond acceptors (Lipinski definition) is 3. The summed E-state index contributed by atoms with van der Waals surface area (Å²) in [6.07, 6.45) is 9.06. The molecule has 0 spiro atoms. The van der Waals surface area contributed by atoms with E-state index in [0.29, 0.717) is 18.4 Å². The van der Waals surface area contributed by atoms with E-state index in [1.54, 1.807) is 0 Å². The first-order chi connectivity index (χ1) is 7.63. The molecule has 3 aliphatic carbocycles. The van der Waals surface area contributed by atoms with Crippen LogP contribution < -0.4 is 0 Å². The van der Waals surface area contributed by atoms with Crippen LogP contribution in [0.1, 0.15) is 13.3 Å². The maximum atomic E-state index is 10.9. The molecule has 3 heteroatoms.